The van der Waals surface area contributed by atoms with Gasteiger partial charge in [-0.3, -0.25) is 4.79 Å². The summed E-state index contributed by atoms with van der Waals surface area (Å²) in [6.45, 7) is 7.52. The van der Waals surface area contributed by atoms with Crippen molar-refractivity contribution in [2.75, 3.05) is 59.9 Å². The van der Waals surface area contributed by atoms with Crippen LogP contribution < -0.4 is 0 Å². The summed E-state index contributed by atoms with van der Waals surface area (Å²) in [7, 11) is 0.312. The van der Waals surface area contributed by atoms with Crippen LogP contribution in [-0.2, 0) is 15.0 Å². The van der Waals surface area contributed by atoms with E-state index in [-0.39, 0.29) is 5.91 Å². The molecule has 2 aliphatic heterocycles. The number of piperazine rings is 1. The molecule has 7 nitrogen and oxygen atoms in total. The fraction of sp³-hybridized carbons (Fsp3) is 0.933. The van der Waals surface area contributed by atoms with E-state index in [0.29, 0.717) is 57.6 Å². The number of likely N-dealkylation sites (N-methyl/N-ethyl adjacent to an activating group) is 1. The molecule has 0 spiro atoms. The lowest BCUT2D eigenvalue weighted by Gasteiger charge is -2.40. The minimum atomic E-state index is -3.40. The number of nitrogens with zero attached hydrogens (tertiary/aromatic N) is 4. The zero-order valence-corrected chi connectivity index (χ0v) is 15.5. The number of hydrogen-bond acceptors (Lipinski definition) is 4. The standard InChI is InChI=1S/C15H30N4O3S/c1-13-9-14(2)11-19(10-13)23(21,22)18-7-5-17(6-8-18)15(20)12-16(3)4/h13-14H,5-12H2,1-4H3. The third-order valence-corrected chi connectivity index (χ3v) is 6.50. The van der Waals surface area contributed by atoms with Gasteiger partial charge in [-0.15, -0.1) is 0 Å². The van der Waals surface area contributed by atoms with Crippen LogP contribution in [0.5, 0.6) is 0 Å². The lowest BCUT2D eigenvalue weighted by atomic mass is 9.94. The molecule has 0 radical (unpaired) electrons. The smallest absolute Gasteiger partial charge is 0.282 e. The molecule has 2 unspecified atom stereocenters. The predicted octanol–water partition coefficient (Wildman–Crippen LogP) is -0.0851. The molecular weight excluding hydrogens is 316 g/mol. The monoisotopic (exact) mass is 346 g/mol. The van der Waals surface area contributed by atoms with Crippen molar-refractivity contribution in [3.05, 3.63) is 0 Å². The highest BCUT2D eigenvalue weighted by Gasteiger charge is 2.36. The first kappa shape index (κ1) is 18.6. The van der Waals surface area contributed by atoms with Crippen LogP contribution in [0.1, 0.15) is 20.3 Å². The van der Waals surface area contributed by atoms with E-state index in [1.165, 1.54) is 4.31 Å². The largest absolute Gasteiger partial charge is 0.339 e. The Morgan fingerprint density at radius 1 is 1.00 bits per heavy atom. The van der Waals surface area contributed by atoms with Crippen LogP contribution in [-0.4, -0.2) is 92.6 Å². The molecule has 0 aromatic heterocycles. The van der Waals surface area contributed by atoms with Gasteiger partial charge >= 0.3 is 0 Å². The Kier molecular flexibility index (Phi) is 6.05. The molecule has 8 heteroatoms. The van der Waals surface area contributed by atoms with Crippen molar-refractivity contribution < 1.29 is 13.2 Å². The van der Waals surface area contributed by atoms with Gasteiger partial charge in [0.15, 0.2) is 0 Å². The van der Waals surface area contributed by atoms with E-state index in [1.807, 2.05) is 19.0 Å². The highest BCUT2D eigenvalue weighted by molar-refractivity contribution is 7.86. The molecule has 2 saturated heterocycles. The van der Waals surface area contributed by atoms with Gasteiger partial charge in [-0.25, -0.2) is 0 Å². The van der Waals surface area contributed by atoms with Gasteiger partial charge in [-0.2, -0.15) is 17.0 Å². The molecule has 0 bridgehead atoms. The second-order valence-corrected chi connectivity index (χ2v) is 9.22. The highest BCUT2D eigenvalue weighted by atomic mass is 32.2. The van der Waals surface area contributed by atoms with Crippen molar-refractivity contribution >= 4 is 16.1 Å². The topological polar surface area (TPSA) is 64.2 Å². The Hall–Kier alpha value is -0.700. The summed E-state index contributed by atoms with van der Waals surface area (Å²) in [6.07, 6.45) is 1.08. The predicted molar refractivity (Wildman–Crippen MR) is 90.1 cm³/mol. The third kappa shape index (κ3) is 4.65. The Bertz CT molecular complexity index is 505. The second-order valence-electron chi connectivity index (χ2n) is 7.29. The number of amides is 1. The Balaban J connectivity index is 1.94. The van der Waals surface area contributed by atoms with Crippen LogP contribution in [0, 0.1) is 11.8 Å². The number of carbonyl (C=O) groups excluding carboxylic acids is 1. The zero-order valence-electron chi connectivity index (χ0n) is 14.7. The molecule has 134 valence electrons. The first-order valence-electron chi connectivity index (χ1n) is 8.38. The first-order chi connectivity index (χ1) is 10.7. The summed E-state index contributed by atoms with van der Waals surface area (Å²) < 4.78 is 28.8. The normalized spacial score (nSPS) is 28.3. The van der Waals surface area contributed by atoms with Crippen LogP contribution in [0.25, 0.3) is 0 Å². The molecule has 1 amide bonds. The van der Waals surface area contributed by atoms with Gasteiger partial charge in [0.05, 0.1) is 6.54 Å². The molecule has 0 aromatic carbocycles. The number of rotatable bonds is 4. The minimum Gasteiger partial charge on any atom is -0.339 e. The van der Waals surface area contributed by atoms with Crippen molar-refractivity contribution in [3.63, 3.8) is 0 Å². The van der Waals surface area contributed by atoms with Gasteiger partial charge in [0, 0.05) is 39.3 Å². The number of piperidine rings is 1. The summed E-state index contributed by atoms with van der Waals surface area (Å²) in [5, 5.41) is 0. The molecule has 2 heterocycles. The molecule has 0 N–H and O–H groups in total. The summed E-state index contributed by atoms with van der Waals surface area (Å²) in [4.78, 5) is 15.7. The van der Waals surface area contributed by atoms with Crippen molar-refractivity contribution in [2.45, 2.75) is 20.3 Å². The Labute approximate surface area is 140 Å². The summed E-state index contributed by atoms with van der Waals surface area (Å²) in [5.41, 5.74) is 0. The lowest BCUT2D eigenvalue weighted by Crippen LogP contribution is -2.56. The number of carbonyl (C=O) groups is 1. The van der Waals surface area contributed by atoms with Gasteiger partial charge in [-0.1, -0.05) is 13.8 Å². The van der Waals surface area contributed by atoms with Crippen molar-refractivity contribution in [2.24, 2.45) is 11.8 Å². The average molecular weight is 346 g/mol. The van der Waals surface area contributed by atoms with E-state index in [2.05, 4.69) is 13.8 Å². The van der Waals surface area contributed by atoms with Gasteiger partial charge in [0.2, 0.25) is 5.91 Å². The second kappa shape index (κ2) is 7.46. The van der Waals surface area contributed by atoms with Gasteiger partial charge in [0.25, 0.3) is 10.2 Å². The van der Waals surface area contributed by atoms with E-state index < -0.39 is 10.2 Å². The van der Waals surface area contributed by atoms with Gasteiger partial charge in [-0.05, 0) is 32.4 Å². The molecule has 2 rings (SSSR count). The third-order valence-electron chi connectivity index (χ3n) is 4.53. The maximum absolute atomic E-state index is 12.8. The molecule has 0 saturated carbocycles. The summed E-state index contributed by atoms with van der Waals surface area (Å²) in [6, 6.07) is 0. The maximum Gasteiger partial charge on any atom is 0.282 e. The van der Waals surface area contributed by atoms with Crippen molar-refractivity contribution in [1.82, 2.24) is 18.4 Å². The fourth-order valence-electron chi connectivity index (χ4n) is 3.50. The number of hydrogen-bond donors (Lipinski definition) is 0. The van der Waals surface area contributed by atoms with Crippen LogP contribution in [0.3, 0.4) is 0 Å². The van der Waals surface area contributed by atoms with Crippen molar-refractivity contribution in [3.8, 4) is 0 Å². The van der Waals surface area contributed by atoms with Crippen LogP contribution in [0.15, 0.2) is 0 Å². The summed E-state index contributed by atoms with van der Waals surface area (Å²) in [5.74, 6) is 0.861. The Morgan fingerprint density at radius 3 is 2.00 bits per heavy atom. The highest BCUT2D eigenvalue weighted by Crippen LogP contribution is 2.25. The van der Waals surface area contributed by atoms with Crippen molar-refractivity contribution in [1.29, 1.82) is 0 Å². The molecule has 2 atom stereocenters. The van der Waals surface area contributed by atoms with Gasteiger partial charge in [0.1, 0.15) is 0 Å². The molecule has 0 aromatic rings. The molecule has 0 aliphatic carbocycles. The first-order valence-corrected chi connectivity index (χ1v) is 9.77. The molecule has 2 aliphatic rings. The zero-order chi connectivity index (χ0) is 17.2. The SMILES string of the molecule is CC1CC(C)CN(S(=O)(=O)N2CCN(C(=O)CN(C)C)CC2)C1. The van der Waals surface area contributed by atoms with E-state index in [9.17, 15) is 13.2 Å². The van der Waals surface area contributed by atoms with Crippen LogP contribution in [0.2, 0.25) is 0 Å². The van der Waals surface area contributed by atoms with E-state index in [1.54, 1.807) is 9.21 Å². The minimum absolute atomic E-state index is 0.0623. The molecule has 2 fully saturated rings. The summed E-state index contributed by atoms with van der Waals surface area (Å²) >= 11 is 0. The van der Waals surface area contributed by atoms with Gasteiger partial charge < -0.3 is 9.80 Å². The van der Waals surface area contributed by atoms with E-state index >= 15 is 0 Å². The average Bonchev–Trinajstić information content (AvgIpc) is 2.45. The van der Waals surface area contributed by atoms with Crippen LogP contribution >= 0.6 is 0 Å². The van der Waals surface area contributed by atoms with E-state index in [4.69, 9.17) is 0 Å². The Morgan fingerprint density at radius 2 is 1.52 bits per heavy atom. The van der Waals surface area contributed by atoms with E-state index in [0.717, 1.165) is 6.42 Å². The van der Waals surface area contributed by atoms with Crippen LogP contribution in [0.4, 0.5) is 0 Å². The lowest BCUT2D eigenvalue weighted by molar-refractivity contribution is -0.133. The fourth-order valence-corrected chi connectivity index (χ4v) is 5.33. The molecular formula is C15H30N4O3S. The quantitative estimate of drug-likeness (QED) is 0.714. The maximum atomic E-state index is 12.8. The molecule has 23 heavy (non-hydrogen) atoms.